The van der Waals surface area contributed by atoms with Crippen LogP contribution in [0.4, 0.5) is 0 Å². The molecule has 1 saturated heterocycles. The van der Waals surface area contributed by atoms with Crippen molar-refractivity contribution >= 4 is 52.6 Å². The van der Waals surface area contributed by atoms with Gasteiger partial charge in [-0.3, -0.25) is 4.99 Å². The second kappa shape index (κ2) is 14.3. The Morgan fingerprint density at radius 3 is 3.00 bits per heavy atom. The highest BCUT2D eigenvalue weighted by molar-refractivity contribution is 14.0. The van der Waals surface area contributed by atoms with E-state index in [1.807, 2.05) is 18.3 Å². The number of ether oxygens (including phenoxy) is 2. The van der Waals surface area contributed by atoms with Crippen LogP contribution in [-0.2, 0) is 15.9 Å². The molecule has 3 rings (SSSR count). The molecule has 3 heterocycles. The number of rotatable bonds is 11. The number of aliphatic imine (C=N–C) groups is 1. The number of thiophene rings is 1. The van der Waals surface area contributed by atoms with Gasteiger partial charge in [0.2, 0.25) is 0 Å². The smallest absolute Gasteiger partial charge is 0.191 e. The van der Waals surface area contributed by atoms with Gasteiger partial charge in [0.25, 0.3) is 0 Å². The minimum absolute atomic E-state index is 0. The zero-order valence-corrected chi connectivity index (χ0v) is 21.8. The van der Waals surface area contributed by atoms with Crippen LogP contribution in [0.2, 0.25) is 0 Å². The van der Waals surface area contributed by atoms with Gasteiger partial charge in [-0.05, 0) is 45.2 Å². The summed E-state index contributed by atoms with van der Waals surface area (Å²) >= 11 is 3.52. The monoisotopic (exact) mass is 564 g/mol. The molecule has 0 saturated carbocycles. The van der Waals surface area contributed by atoms with Crippen LogP contribution in [0.5, 0.6) is 0 Å². The molecule has 168 valence electrons. The van der Waals surface area contributed by atoms with E-state index in [-0.39, 0.29) is 24.0 Å². The second-order valence-electron chi connectivity index (χ2n) is 7.11. The van der Waals surface area contributed by atoms with Crippen molar-refractivity contribution in [3.05, 3.63) is 27.4 Å². The number of hydrogen-bond acceptors (Lipinski definition) is 6. The van der Waals surface area contributed by atoms with Crippen molar-refractivity contribution in [3.63, 3.8) is 0 Å². The second-order valence-corrected chi connectivity index (χ2v) is 9.34. The highest BCUT2D eigenvalue weighted by Crippen LogP contribution is 2.29. The van der Waals surface area contributed by atoms with Crippen LogP contribution in [0.1, 0.15) is 29.7 Å². The van der Waals surface area contributed by atoms with Gasteiger partial charge in [-0.25, -0.2) is 4.98 Å². The van der Waals surface area contributed by atoms with E-state index in [2.05, 4.69) is 45.0 Å². The van der Waals surface area contributed by atoms with Gasteiger partial charge in [-0.2, -0.15) is 0 Å². The van der Waals surface area contributed by atoms with Crippen LogP contribution < -0.4 is 10.6 Å². The van der Waals surface area contributed by atoms with Crippen molar-refractivity contribution in [3.8, 4) is 10.6 Å². The lowest BCUT2D eigenvalue weighted by molar-refractivity contribution is 0.0893. The Balaban J connectivity index is 0.00000320. The van der Waals surface area contributed by atoms with Gasteiger partial charge in [0.05, 0.1) is 28.8 Å². The Kier molecular flexibility index (Phi) is 12.2. The summed E-state index contributed by atoms with van der Waals surface area (Å²) in [5, 5.41) is 9.99. The summed E-state index contributed by atoms with van der Waals surface area (Å²) in [4.78, 5) is 11.8. The first-order valence-electron chi connectivity index (χ1n) is 10.4. The number of hydrogen-bond donors (Lipinski definition) is 2. The minimum atomic E-state index is 0. The highest BCUT2D eigenvalue weighted by atomic mass is 127. The fraction of sp³-hybridized carbons (Fsp3) is 0.619. The standard InChI is InChI=1S/C21H32N4O2S2.HI/c1-3-22-21(23-9-4-11-26-13-17-8-12-27-14-17)24-10-7-18-5-6-20(29-18)19-15-28-16(2)25-19;/h5-6,15,17H,3-4,7-14H2,1-2H3,(H2,22,23,24);1H. The van der Waals surface area contributed by atoms with Crippen LogP contribution in [0.3, 0.4) is 0 Å². The maximum Gasteiger partial charge on any atom is 0.191 e. The molecule has 1 atom stereocenters. The SMILES string of the molecule is CCNC(=NCCCOCC1CCOC1)NCCc1ccc(-c2csc(C)n2)s1.I. The van der Waals surface area contributed by atoms with Crippen LogP contribution in [0.15, 0.2) is 22.5 Å². The van der Waals surface area contributed by atoms with Crippen molar-refractivity contribution < 1.29 is 9.47 Å². The van der Waals surface area contributed by atoms with Gasteiger partial charge in [0.15, 0.2) is 5.96 Å². The van der Waals surface area contributed by atoms with E-state index in [1.54, 1.807) is 11.3 Å². The largest absolute Gasteiger partial charge is 0.381 e. The maximum absolute atomic E-state index is 5.75. The Morgan fingerprint density at radius 2 is 2.27 bits per heavy atom. The number of nitrogens with zero attached hydrogens (tertiary/aromatic N) is 2. The summed E-state index contributed by atoms with van der Waals surface area (Å²) in [5.74, 6) is 1.46. The van der Waals surface area contributed by atoms with Gasteiger partial charge in [-0.1, -0.05) is 0 Å². The van der Waals surface area contributed by atoms with Crippen molar-refractivity contribution in [2.45, 2.75) is 33.1 Å². The number of thiazole rings is 1. The fourth-order valence-electron chi connectivity index (χ4n) is 3.09. The van der Waals surface area contributed by atoms with Gasteiger partial charge < -0.3 is 20.1 Å². The summed E-state index contributed by atoms with van der Waals surface area (Å²) in [5.41, 5.74) is 1.09. The number of nitrogens with one attached hydrogen (secondary N) is 2. The molecule has 30 heavy (non-hydrogen) atoms. The van der Waals surface area contributed by atoms with E-state index in [9.17, 15) is 0 Å². The molecule has 1 unspecified atom stereocenters. The molecule has 0 aromatic carbocycles. The van der Waals surface area contributed by atoms with E-state index in [0.29, 0.717) is 5.92 Å². The summed E-state index contributed by atoms with van der Waals surface area (Å²) < 4.78 is 11.1. The molecule has 0 bridgehead atoms. The van der Waals surface area contributed by atoms with E-state index in [4.69, 9.17) is 9.47 Å². The minimum Gasteiger partial charge on any atom is -0.381 e. The predicted octanol–water partition coefficient (Wildman–Crippen LogP) is 4.34. The van der Waals surface area contributed by atoms with Gasteiger partial charge in [0.1, 0.15) is 0 Å². The molecular weight excluding hydrogens is 531 g/mol. The molecule has 0 spiro atoms. The van der Waals surface area contributed by atoms with Crippen molar-refractivity contribution in [2.24, 2.45) is 10.9 Å². The number of guanidine groups is 1. The normalized spacial score (nSPS) is 16.5. The van der Waals surface area contributed by atoms with Gasteiger partial charge in [-0.15, -0.1) is 46.7 Å². The topological polar surface area (TPSA) is 67.8 Å². The quantitative estimate of drug-likeness (QED) is 0.184. The molecule has 6 nitrogen and oxygen atoms in total. The van der Waals surface area contributed by atoms with Crippen molar-refractivity contribution in [2.75, 3.05) is 46.1 Å². The molecule has 9 heteroatoms. The van der Waals surface area contributed by atoms with E-state index < -0.39 is 0 Å². The van der Waals surface area contributed by atoms with Gasteiger partial charge in [0, 0.05) is 49.0 Å². The lowest BCUT2D eigenvalue weighted by Gasteiger charge is -2.11. The Hall–Kier alpha value is -0.750. The van der Waals surface area contributed by atoms with Crippen LogP contribution in [0.25, 0.3) is 10.6 Å². The lowest BCUT2D eigenvalue weighted by Crippen LogP contribution is -2.38. The molecule has 0 amide bonds. The first kappa shape index (κ1) is 25.5. The Bertz CT molecular complexity index is 760. The first-order valence-corrected chi connectivity index (χ1v) is 12.1. The summed E-state index contributed by atoms with van der Waals surface area (Å²) in [6, 6.07) is 4.37. The third-order valence-electron chi connectivity index (χ3n) is 4.64. The van der Waals surface area contributed by atoms with Crippen LogP contribution >= 0.6 is 46.7 Å². The average Bonchev–Trinajstić information content (AvgIpc) is 3.46. The zero-order chi connectivity index (χ0) is 20.3. The maximum atomic E-state index is 5.75. The third-order valence-corrected chi connectivity index (χ3v) is 6.58. The van der Waals surface area contributed by atoms with E-state index >= 15 is 0 Å². The third kappa shape index (κ3) is 8.78. The molecule has 1 aliphatic heterocycles. The van der Waals surface area contributed by atoms with E-state index in [1.165, 1.54) is 9.75 Å². The number of aryl methyl sites for hydroxylation is 1. The zero-order valence-electron chi connectivity index (χ0n) is 17.8. The molecule has 2 N–H and O–H groups in total. The molecular formula is C21H33IN4O2S2. The predicted molar refractivity (Wildman–Crippen MR) is 138 cm³/mol. The summed E-state index contributed by atoms with van der Waals surface area (Å²) in [6.07, 6.45) is 3.04. The molecule has 0 aliphatic carbocycles. The molecule has 1 fully saturated rings. The van der Waals surface area contributed by atoms with Crippen LogP contribution in [0, 0.1) is 12.8 Å². The van der Waals surface area contributed by atoms with Crippen LogP contribution in [-0.4, -0.2) is 57.0 Å². The average molecular weight is 565 g/mol. The van der Waals surface area contributed by atoms with E-state index in [0.717, 1.165) is 82.0 Å². The fourth-order valence-corrected chi connectivity index (χ4v) is 4.75. The number of aromatic nitrogens is 1. The highest BCUT2D eigenvalue weighted by Gasteiger charge is 2.15. The van der Waals surface area contributed by atoms with Gasteiger partial charge >= 0.3 is 0 Å². The first-order chi connectivity index (χ1) is 14.2. The van der Waals surface area contributed by atoms with Crippen molar-refractivity contribution in [1.82, 2.24) is 15.6 Å². The molecule has 1 aliphatic rings. The summed E-state index contributed by atoms with van der Waals surface area (Å²) in [7, 11) is 0. The Morgan fingerprint density at radius 1 is 1.37 bits per heavy atom. The number of halogens is 1. The Labute approximate surface area is 204 Å². The molecule has 2 aromatic rings. The molecule has 0 radical (unpaired) electrons. The summed E-state index contributed by atoms with van der Waals surface area (Å²) in [6.45, 7) is 9.92. The molecule has 2 aromatic heterocycles. The lowest BCUT2D eigenvalue weighted by atomic mass is 10.1. The van der Waals surface area contributed by atoms with Crippen molar-refractivity contribution in [1.29, 1.82) is 0 Å².